The summed E-state index contributed by atoms with van der Waals surface area (Å²) in [5, 5.41) is 11.7. The Morgan fingerprint density at radius 1 is 1.00 bits per heavy atom. The van der Waals surface area contributed by atoms with E-state index in [1.165, 1.54) is 28.9 Å². The topological polar surface area (TPSA) is 88.9 Å². The van der Waals surface area contributed by atoms with E-state index < -0.39 is 5.91 Å². The van der Waals surface area contributed by atoms with Crippen molar-refractivity contribution in [1.82, 2.24) is 14.8 Å². The third-order valence-electron chi connectivity index (χ3n) is 4.59. The van der Waals surface area contributed by atoms with Crippen LogP contribution in [0.3, 0.4) is 0 Å². The van der Waals surface area contributed by atoms with Gasteiger partial charge in [-0.1, -0.05) is 0 Å². The summed E-state index contributed by atoms with van der Waals surface area (Å²) in [6, 6.07) is 14.2. The number of nitrogens with zero attached hydrogens (tertiary/aromatic N) is 3. The van der Waals surface area contributed by atoms with Gasteiger partial charge in [-0.15, -0.1) is 0 Å². The lowest BCUT2D eigenvalue weighted by Gasteiger charge is -2.14. The van der Waals surface area contributed by atoms with E-state index in [1.807, 2.05) is 12.1 Å². The van der Waals surface area contributed by atoms with Crippen molar-refractivity contribution in [2.45, 2.75) is 13.5 Å². The number of benzene rings is 2. The Morgan fingerprint density at radius 3 is 2.53 bits per heavy atom. The van der Waals surface area contributed by atoms with E-state index in [0.29, 0.717) is 12.2 Å². The van der Waals surface area contributed by atoms with Crippen LogP contribution in [0.1, 0.15) is 17.4 Å². The molecule has 7 nitrogen and oxygen atoms in total. The van der Waals surface area contributed by atoms with Crippen LogP contribution in [0.15, 0.2) is 71.8 Å². The fraction of sp³-hybridized carbons (Fsp3) is 0.0909. The molecule has 0 atom stereocenters. The van der Waals surface area contributed by atoms with Crippen molar-refractivity contribution in [3.05, 3.63) is 88.9 Å². The predicted octanol–water partition coefficient (Wildman–Crippen LogP) is 3.95. The molecule has 0 saturated heterocycles. The number of fused-ring (bicyclic) bond motifs is 1. The molecule has 8 heteroatoms. The summed E-state index contributed by atoms with van der Waals surface area (Å²) >= 11 is 0. The van der Waals surface area contributed by atoms with Gasteiger partial charge < -0.3 is 10.6 Å². The van der Waals surface area contributed by atoms with Crippen LogP contribution in [0.5, 0.6) is 0 Å². The smallest absolute Gasteiger partial charge is 0.276 e. The average molecular weight is 403 g/mol. The highest BCUT2D eigenvalue weighted by Crippen LogP contribution is 2.31. The Labute approximate surface area is 171 Å². The minimum absolute atomic E-state index is 0.141. The van der Waals surface area contributed by atoms with Crippen molar-refractivity contribution < 1.29 is 9.18 Å². The largest absolute Gasteiger partial charge is 0.355 e. The van der Waals surface area contributed by atoms with Crippen molar-refractivity contribution in [2.75, 3.05) is 10.6 Å². The minimum atomic E-state index is -0.429. The fourth-order valence-corrected chi connectivity index (χ4v) is 3.08. The van der Waals surface area contributed by atoms with Crippen LogP contribution in [0.25, 0.3) is 10.8 Å². The van der Waals surface area contributed by atoms with Crippen molar-refractivity contribution in [3.8, 4) is 0 Å². The van der Waals surface area contributed by atoms with Gasteiger partial charge >= 0.3 is 0 Å². The Bertz CT molecular complexity index is 1280. The maximum Gasteiger partial charge on any atom is 0.276 e. The minimum Gasteiger partial charge on any atom is -0.355 e. The molecule has 0 aliphatic rings. The standard InChI is InChI=1S/C22H18FN5O2/c1-2-28-21(29)10-9-20(27-28)22(30)26-19-8-7-18(16-11-12-24-13-17(16)19)25-15-5-3-14(23)4-6-15/h3-13,25H,2H2,1H3,(H,26,30). The van der Waals surface area contributed by atoms with E-state index in [9.17, 15) is 14.0 Å². The second kappa shape index (κ2) is 8.12. The molecule has 0 aliphatic heterocycles. The molecule has 0 radical (unpaired) electrons. The molecule has 2 heterocycles. The van der Waals surface area contributed by atoms with Gasteiger partial charge in [0, 0.05) is 47.2 Å². The SMILES string of the molecule is CCn1nc(C(=O)Nc2ccc(Nc3ccc(F)cc3)c3ccncc23)ccc1=O. The van der Waals surface area contributed by atoms with E-state index >= 15 is 0 Å². The number of amides is 1. The monoisotopic (exact) mass is 403 g/mol. The van der Waals surface area contributed by atoms with Crippen molar-refractivity contribution >= 4 is 33.7 Å². The molecule has 2 aromatic heterocycles. The van der Waals surface area contributed by atoms with Gasteiger partial charge in [-0.25, -0.2) is 9.07 Å². The lowest BCUT2D eigenvalue weighted by Crippen LogP contribution is -2.25. The molecule has 0 spiro atoms. The Hall–Kier alpha value is -4.07. The first kappa shape index (κ1) is 19.3. The second-order valence-corrected chi connectivity index (χ2v) is 6.54. The van der Waals surface area contributed by atoms with Crippen molar-refractivity contribution in [1.29, 1.82) is 0 Å². The van der Waals surface area contributed by atoms with Gasteiger partial charge in [0.2, 0.25) is 0 Å². The summed E-state index contributed by atoms with van der Waals surface area (Å²) in [6.07, 6.45) is 3.31. The van der Waals surface area contributed by atoms with Gasteiger partial charge in [0.05, 0.1) is 5.69 Å². The van der Waals surface area contributed by atoms with E-state index in [0.717, 1.165) is 22.1 Å². The number of nitrogens with one attached hydrogen (secondary N) is 2. The average Bonchev–Trinajstić information content (AvgIpc) is 2.77. The third kappa shape index (κ3) is 3.88. The number of hydrogen-bond donors (Lipinski definition) is 2. The van der Waals surface area contributed by atoms with Gasteiger partial charge in [0.1, 0.15) is 11.5 Å². The first-order valence-electron chi connectivity index (χ1n) is 9.34. The van der Waals surface area contributed by atoms with Gasteiger partial charge in [-0.05, 0) is 55.5 Å². The van der Waals surface area contributed by atoms with Gasteiger partial charge in [0.15, 0.2) is 0 Å². The molecule has 0 aliphatic carbocycles. The van der Waals surface area contributed by atoms with Crippen LogP contribution >= 0.6 is 0 Å². The molecule has 1 amide bonds. The van der Waals surface area contributed by atoms with E-state index in [-0.39, 0.29) is 17.1 Å². The van der Waals surface area contributed by atoms with Crippen LogP contribution in [0, 0.1) is 5.82 Å². The normalized spacial score (nSPS) is 10.7. The van der Waals surface area contributed by atoms with Crippen LogP contribution in [-0.2, 0) is 6.54 Å². The molecule has 4 rings (SSSR count). The second-order valence-electron chi connectivity index (χ2n) is 6.54. The number of halogens is 1. The quantitative estimate of drug-likeness (QED) is 0.527. The van der Waals surface area contributed by atoms with E-state index in [2.05, 4.69) is 20.7 Å². The zero-order valence-electron chi connectivity index (χ0n) is 16.1. The molecule has 150 valence electrons. The van der Waals surface area contributed by atoms with Crippen LogP contribution in [-0.4, -0.2) is 20.7 Å². The number of carbonyl (C=O) groups excluding carboxylic acids is 1. The zero-order valence-corrected chi connectivity index (χ0v) is 16.1. The molecule has 30 heavy (non-hydrogen) atoms. The van der Waals surface area contributed by atoms with Crippen LogP contribution in [0.4, 0.5) is 21.5 Å². The highest BCUT2D eigenvalue weighted by Gasteiger charge is 2.13. The maximum atomic E-state index is 13.2. The fourth-order valence-electron chi connectivity index (χ4n) is 3.08. The zero-order chi connectivity index (χ0) is 21.1. The Kier molecular flexibility index (Phi) is 5.21. The van der Waals surface area contributed by atoms with E-state index in [1.54, 1.807) is 37.5 Å². The van der Waals surface area contributed by atoms with Crippen LogP contribution in [0.2, 0.25) is 0 Å². The first-order chi connectivity index (χ1) is 14.5. The van der Waals surface area contributed by atoms with Crippen molar-refractivity contribution in [2.24, 2.45) is 0 Å². The molecular formula is C22H18FN5O2. The molecule has 0 fully saturated rings. The Balaban J connectivity index is 1.66. The van der Waals surface area contributed by atoms with Crippen molar-refractivity contribution in [3.63, 3.8) is 0 Å². The molecule has 0 saturated carbocycles. The maximum absolute atomic E-state index is 13.2. The molecule has 4 aromatic rings. The number of carbonyl (C=O) groups is 1. The number of anilines is 3. The summed E-state index contributed by atoms with van der Waals surface area (Å²) in [5.41, 5.74) is 1.96. The lowest BCUT2D eigenvalue weighted by molar-refractivity contribution is 0.102. The molecule has 0 unspecified atom stereocenters. The lowest BCUT2D eigenvalue weighted by atomic mass is 10.1. The number of aryl methyl sites for hydroxylation is 1. The van der Waals surface area contributed by atoms with Gasteiger partial charge in [0.25, 0.3) is 11.5 Å². The third-order valence-corrected chi connectivity index (χ3v) is 4.59. The van der Waals surface area contributed by atoms with Gasteiger partial charge in [-0.2, -0.15) is 5.10 Å². The summed E-state index contributed by atoms with van der Waals surface area (Å²) in [5.74, 6) is -0.739. The highest BCUT2D eigenvalue weighted by molar-refractivity contribution is 6.10. The molecule has 2 aromatic carbocycles. The summed E-state index contributed by atoms with van der Waals surface area (Å²) in [4.78, 5) is 28.5. The predicted molar refractivity (Wildman–Crippen MR) is 114 cm³/mol. The summed E-state index contributed by atoms with van der Waals surface area (Å²) in [6.45, 7) is 2.15. The Morgan fingerprint density at radius 2 is 1.77 bits per heavy atom. The number of pyridine rings is 1. The van der Waals surface area contributed by atoms with Crippen LogP contribution < -0.4 is 16.2 Å². The first-order valence-corrected chi connectivity index (χ1v) is 9.34. The summed E-state index contributed by atoms with van der Waals surface area (Å²) in [7, 11) is 0. The highest BCUT2D eigenvalue weighted by atomic mass is 19.1. The van der Waals surface area contributed by atoms with Gasteiger partial charge in [-0.3, -0.25) is 14.6 Å². The number of aromatic nitrogens is 3. The number of rotatable bonds is 5. The molecule has 2 N–H and O–H groups in total. The molecule has 0 bridgehead atoms. The summed E-state index contributed by atoms with van der Waals surface area (Å²) < 4.78 is 14.4. The van der Waals surface area contributed by atoms with E-state index in [4.69, 9.17) is 0 Å². The number of hydrogen-bond acceptors (Lipinski definition) is 5. The molecular weight excluding hydrogens is 385 g/mol.